The van der Waals surface area contributed by atoms with Gasteiger partial charge in [-0.15, -0.1) is 0 Å². The smallest absolute Gasteiger partial charge is 0.318 e. The van der Waals surface area contributed by atoms with Crippen LogP contribution in [0.2, 0.25) is 0 Å². The molecule has 4 heteroatoms. The van der Waals surface area contributed by atoms with Crippen LogP contribution >= 0.6 is 0 Å². The Morgan fingerprint density at radius 3 is 2.41 bits per heavy atom. The minimum atomic E-state index is -3.65. The summed E-state index contributed by atoms with van der Waals surface area (Å²) in [5.74, 6) is -1.16. The molecule has 1 aromatic rings. The van der Waals surface area contributed by atoms with Gasteiger partial charge in [-0.1, -0.05) is 29.8 Å². The molecule has 0 radical (unpaired) electrons. The predicted molar refractivity (Wildman–Crippen MR) is 61.1 cm³/mol. The molecule has 1 rings (SSSR count). The molecule has 0 bridgehead atoms. The van der Waals surface area contributed by atoms with Gasteiger partial charge in [-0.25, -0.2) is 0 Å². The Labute approximate surface area is 99.6 Å². The molecule has 0 amide bonds. The fraction of sp³-hybridized carbons (Fsp3) is 0.462. The van der Waals surface area contributed by atoms with E-state index in [9.17, 15) is 13.6 Å². The third kappa shape index (κ3) is 4.23. The van der Waals surface area contributed by atoms with Crippen molar-refractivity contribution < 1.29 is 18.3 Å². The molecule has 0 unspecified atom stereocenters. The number of carbonyl (C=O) groups excluding carboxylic acids is 1. The Bertz CT molecular complexity index is 372. The molecule has 1 aromatic carbocycles. The maximum Gasteiger partial charge on any atom is 0.415 e. The standard InChI is InChI=1S/C13H16F2O2/c1-10-6-8-11(9-7-10)4-3-5-12(16)13(14,15)17-2/h6-9H,3-5H2,1-2H3. The normalized spacial score (nSPS) is 11.5. The van der Waals surface area contributed by atoms with E-state index in [-0.39, 0.29) is 6.42 Å². The minimum absolute atomic E-state index is 0.172. The predicted octanol–water partition coefficient (Wildman–Crippen LogP) is 3.13. The molecular formula is C13H16F2O2. The van der Waals surface area contributed by atoms with Crippen molar-refractivity contribution in [2.24, 2.45) is 0 Å². The highest BCUT2D eigenvalue weighted by atomic mass is 19.3. The summed E-state index contributed by atoms with van der Waals surface area (Å²) in [6, 6.07) is 7.80. The second kappa shape index (κ2) is 5.87. The Hall–Kier alpha value is -1.29. The number of hydrogen-bond donors (Lipinski definition) is 0. The van der Waals surface area contributed by atoms with Gasteiger partial charge in [-0.05, 0) is 25.3 Å². The third-order valence-electron chi connectivity index (χ3n) is 2.57. The Balaban J connectivity index is 2.38. The number of Topliss-reactive ketones (excluding diaryl/α,β-unsaturated/α-hetero) is 1. The lowest BCUT2D eigenvalue weighted by molar-refractivity contribution is -0.217. The zero-order chi connectivity index (χ0) is 12.9. The third-order valence-corrected chi connectivity index (χ3v) is 2.57. The van der Waals surface area contributed by atoms with Crippen molar-refractivity contribution in [3.05, 3.63) is 35.4 Å². The SMILES string of the molecule is COC(F)(F)C(=O)CCCc1ccc(C)cc1. The maximum absolute atomic E-state index is 12.8. The van der Waals surface area contributed by atoms with Crippen LogP contribution in [0, 0.1) is 6.92 Å². The van der Waals surface area contributed by atoms with Gasteiger partial charge >= 0.3 is 6.11 Å². The average molecular weight is 242 g/mol. The van der Waals surface area contributed by atoms with Crippen LogP contribution in [-0.2, 0) is 16.0 Å². The number of rotatable bonds is 6. The molecule has 0 aliphatic carbocycles. The largest absolute Gasteiger partial charge is 0.415 e. The molecule has 0 aliphatic rings. The van der Waals surface area contributed by atoms with Gasteiger partial charge in [0.15, 0.2) is 0 Å². The van der Waals surface area contributed by atoms with E-state index in [0.717, 1.165) is 18.2 Å². The molecule has 94 valence electrons. The number of methoxy groups -OCH3 is 1. The zero-order valence-electron chi connectivity index (χ0n) is 10.0. The summed E-state index contributed by atoms with van der Waals surface area (Å²) in [4.78, 5) is 11.1. The molecule has 0 spiro atoms. The Morgan fingerprint density at radius 2 is 1.88 bits per heavy atom. The molecule has 0 fully saturated rings. The van der Waals surface area contributed by atoms with E-state index >= 15 is 0 Å². The van der Waals surface area contributed by atoms with Crippen molar-refractivity contribution in [3.8, 4) is 0 Å². The van der Waals surface area contributed by atoms with E-state index < -0.39 is 11.9 Å². The lowest BCUT2D eigenvalue weighted by Crippen LogP contribution is -2.30. The maximum atomic E-state index is 12.8. The van der Waals surface area contributed by atoms with Crippen LogP contribution in [0.5, 0.6) is 0 Å². The van der Waals surface area contributed by atoms with Gasteiger partial charge in [0, 0.05) is 13.5 Å². The lowest BCUT2D eigenvalue weighted by Gasteiger charge is -2.11. The summed E-state index contributed by atoms with van der Waals surface area (Å²) in [7, 11) is 0.831. The van der Waals surface area contributed by atoms with E-state index in [1.54, 1.807) is 0 Å². The van der Waals surface area contributed by atoms with Crippen molar-refractivity contribution in [1.29, 1.82) is 0 Å². The summed E-state index contributed by atoms with van der Waals surface area (Å²) >= 11 is 0. The highest BCUT2D eigenvalue weighted by molar-refractivity contribution is 5.84. The molecule has 0 saturated carbocycles. The molecule has 0 atom stereocenters. The lowest BCUT2D eigenvalue weighted by atomic mass is 10.1. The van der Waals surface area contributed by atoms with Crippen molar-refractivity contribution in [1.82, 2.24) is 0 Å². The highest BCUT2D eigenvalue weighted by Gasteiger charge is 2.37. The van der Waals surface area contributed by atoms with Crippen LogP contribution in [0.25, 0.3) is 0 Å². The quantitative estimate of drug-likeness (QED) is 0.766. The number of alkyl halides is 2. The summed E-state index contributed by atoms with van der Waals surface area (Å²) in [6.07, 6.45) is -2.80. The second-order valence-electron chi connectivity index (χ2n) is 3.98. The van der Waals surface area contributed by atoms with E-state index in [1.807, 2.05) is 31.2 Å². The van der Waals surface area contributed by atoms with Crippen LogP contribution in [-0.4, -0.2) is 19.0 Å². The number of halogens is 2. The first-order valence-electron chi connectivity index (χ1n) is 5.47. The number of benzene rings is 1. The van der Waals surface area contributed by atoms with Gasteiger partial charge in [0.1, 0.15) is 0 Å². The van der Waals surface area contributed by atoms with Gasteiger partial charge < -0.3 is 4.74 Å². The first-order valence-corrected chi connectivity index (χ1v) is 5.47. The van der Waals surface area contributed by atoms with E-state index in [0.29, 0.717) is 12.8 Å². The van der Waals surface area contributed by atoms with Gasteiger partial charge in [0.2, 0.25) is 5.78 Å². The van der Waals surface area contributed by atoms with Crippen LogP contribution in [0.15, 0.2) is 24.3 Å². The minimum Gasteiger partial charge on any atom is -0.318 e. The molecule has 0 aromatic heterocycles. The molecule has 0 saturated heterocycles. The van der Waals surface area contributed by atoms with Crippen molar-refractivity contribution >= 4 is 5.78 Å². The van der Waals surface area contributed by atoms with Crippen LogP contribution in [0.3, 0.4) is 0 Å². The summed E-state index contributed by atoms with van der Waals surface area (Å²) in [5, 5.41) is 0. The first-order chi connectivity index (χ1) is 7.95. The van der Waals surface area contributed by atoms with Crippen LogP contribution < -0.4 is 0 Å². The summed E-state index contributed by atoms with van der Waals surface area (Å²) in [5.41, 5.74) is 2.19. The van der Waals surface area contributed by atoms with E-state index in [1.165, 1.54) is 0 Å². The zero-order valence-corrected chi connectivity index (χ0v) is 10.0. The summed E-state index contributed by atoms with van der Waals surface area (Å²) in [6.45, 7) is 1.98. The number of aryl methyl sites for hydroxylation is 2. The number of carbonyl (C=O) groups is 1. The highest BCUT2D eigenvalue weighted by Crippen LogP contribution is 2.18. The molecule has 17 heavy (non-hydrogen) atoms. The fourth-order valence-corrected chi connectivity index (χ4v) is 1.47. The second-order valence-corrected chi connectivity index (χ2v) is 3.98. The van der Waals surface area contributed by atoms with Crippen molar-refractivity contribution in [3.63, 3.8) is 0 Å². The molecular weight excluding hydrogens is 226 g/mol. The van der Waals surface area contributed by atoms with Gasteiger partial charge in [-0.3, -0.25) is 4.79 Å². The van der Waals surface area contributed by atoms with E-state index in [4.69, 9.17) is 0 Å². The molecule has 0 N–H and O–H groups in total. The number of hydrogen-bond acceptors (Lipinski definition) is 2. The first kappa shape index (κ1) is 13.8. The fourth-order valence-electron chi connectivity index (χ4n) is 1.47. The number of ketones is 1. The topological polar surface area (TPSA) is 26.3 Å². The van der Waals surface area contributed by atoms with E-state index in [2.05, 4.69) is 4.74 Å². The van der Waals surface area contributed by atoms with Crippen molar-refractivity contribution in [2.75, 3.05) is 7.11 Å². The van der Waals surface area contributed by atoms with Gasteiger partial charge in [0.05, 0.1) is 0 Å². The number of ether oxygens (including phenoxy) is 1. The Morgan fingerprint density at radius 1 is 1.29 bits per heavy atom. The molecule has 0 aliphatic heterocycles. The summed E-state index contributed by atoms with van der Waals surface area (Å²) < 4.78 is 29.3. The van der Waals surface area contributed by atoms with Crippen LogP contribution in [0.1, 0.15) is 24.0 Å². The average Bonchev–Trinajstić information content (AvgIpc) is 2.31. The molecule has 0 heterocycles. The molecule has 2 nitrogen and oxygen atoms in total. The monoisotopic (exact) mass is 242 g/mol. The van der Waals surface area contributed by atoms with Gasteiger partial charge in [0.25, 0.3) is 0 Å². The van der Waals surface area contributed by atoms with Gasteiger partial charge in [-0.2, -0.15) is 8.78 Å². The van der Waals surface area contributed by atoms with Crippen LogP contribution in [0.4, 0.5) is 8.78 Å². The Kier molecular flexibility index (Phi) is 4.75. The van der Waals surface area contributed by atoms with Crippen molar-refractivity contribution in [2.45, 2.75) is 32.3 Å².